The number of nitrogens with one attached hydrogen (secondary N) is 1. The molecule has 1 fully saturated rings. The van der Waals surface area contributed by atoms with Gasteiger partial charge in [-0.05, 0) is 36.8 Å². The second-order valence-corrected chi connectivity index (χ2v) is 6.21. The van der Waals surface area contributed by atoms with Crippen LogP contribution in [0.15, 0.2) is 35.8 Å². The summed E-state index contributed by atoms with van der Waals surface area (Å²) in [6.07, 6.45) is 6.87. The standard InChI is InChI=1S/C15H16N2S/c1-2-4-13-11(3-1)7-8-15(13,17-12-5-6-12)14-16-9-10-18-14/h1-4,9-10,12,17H,5-8H2. The van der Waals surface area contributed by atoms with Gasteiger partial charge in [-0.1, -0.05) is 24.3 Å². The number of benzene rings is 1. The van der Waals surface area contributed by atoms with Crippen LogP contribution in [0.3, 0.4) is 0 Å². The summed E-state index contributed by atoms with van der Waals surface area (Å²) >= 11 is 1.78. The van der Waals surface area contributed by atoms with Crippen molar-refractivity contribution in [1.82, 2.24) is 10.3 Å². The molecule has 2 nitrogen and oxygen atoms in total. The van der Waals surface area contributed by atoms with E-state index in [1.54, 1.807) is 11.3 Å². The summed E-state index contributed by atoms with van der Waals surface area (Å²) in [6, 6.07) is 9.54. The fraction of sp³-hybridized carbons (Fsp3) is 0.400. The molecule has 2 aliphatic carbocycles. The van der Waals surface area contributed by atoms with Crippen molar-refractivity contribution in [3.63, 3.8) is 0 Å². The third-order valence-corrected chi connectivity index (χ3v) is 5.01. The van der Waals surface area contributed by atoms with Crippen molar-refractivity contribution in [3.8, 4) is 0 Å². The normalized spacial score (nSPS) is 26.2. The Morgan fingerprint density at radius 3 is 2.94 bits per heavy atom. The van der Waals surface area contributed by atoms with Crippen molar-refractivity contribution in [3.05, 3.63) is 52.0 Å². The minimum absolute atomic E-state index is 0.00801. The van der Waals surface area contributed by atoms with Gasteiger partial charge in [-0.25, -0.2) is 4.98 Å². The fourth-order valence-electron chi connectivity index (χ4n) is 3.06. The van der Waals surface area contributed by atoms with Crippen molar-refractivity contribution in [1.29, 1.82) is 0 Å². The van der Waals surface area contributed by atoms with Gasteiger partial charge in [0.25, 0.3) is 0 Å². The van der Waals surface area contributed by atoms with E-state index in [0.29, 0.717) is 6.04 Å². The summed E-state index contributed by atoms with van der Waals surface area (Å²) in [7, 11) is 0. The Morgan fingerprint density at radius 1 is 1.28 bits per heavy atom. The zero-order valence-corrected chi connectivity index (χ0v) is 11.0. The lowest BCUT2D eigenvalue weighted by Crippen LogP contribution is -2.42. The third kappa shape index (κ3) is 1.54. The number of thiazole rings is 1. The maximum absolute atomic E-state index is 4.61. The summed E-state index contributed by atoms with van der Waals surface area (Å²) in [5.74, 6) is 0. The molecule has 4 rings (SSSR count). The molecule has 92 valence electrons. The van der Waals surface area contributed by atoms with Crippen molar-refractivity contribution >= 4 is 11.3 Å². The van der Waals surface area contributed by atoms with Crippen molar-refractivity contribution < 1.29 is 0 Å². The van der Waals surface area contributed by atoms with E-state index in [1.807, 2.05) is 6.20 Å². The topological polar surface area (TPSA) is 24.9 Å². The lowest BCUT2D eigenvalue weighted by atomic mass is 9.92. The van der Waals surface area contributed by atoms with Crippen LogP contribution in [0, 0.1) is 0 Å². The van der Waals surface area contributed by atoms with Gasteiger partial charge in [-0.15, -0.1) is 11.3 Å². The number of aryl methyl sites for hydroxylation is 1. The van der Waals surface area contributed by atoms with Crippen LogP contribution in [0.5, 0.6) is 0 Å². The highest BCUT2D eigenvalue weighted by atomic mass is 32.1. The van der Waals surface area contributed by atoms with Crippen LogP contribution >= 0.6 is 11.3 Å². The first-order valence-corrected chi connectivity index (χ1v) is 7.52. The second-order valence-electron chi connectivity index (χ2n) is 5.32. The highest BCUT2D eigenvalue weighted by Gasteiger charge is 2.45. The Labute approximate surface area is 111 Å². The number of hydrogen-bond acceptors (Lipinski definition) is 3. The molecule has 3 heteroatoms. The Balaban J connectivity index is 1.85. The van der Waals surface area contributed by atoms with Gasteiger partial charge in [0.15, 0.2) is 0 Å². The van der Waals surface area contributed by atoms with Crippen LogP contribution in [0.4, 0.5) is 0 Å². The molecular weight excluding hydrogens is 240 g/mol. The molecule has 0 spiro atoms. The van der Waals surface area contributed by atoms with Crippen LogP contribution in [0.2, 0.25) is 0 Å². The maximum Gasteiger partial charge on any atom is 0.117 e. The molecule has 1 heterocycles. The molecule has 1 unspecified atom stereocenters. The van der Waals surface area contributed by atoms with Crippen LogP contribution in [-0.2, 0) is 12.0 Å². The van der Waals surface area contributed by atoms with Gasteiger partial charge in [0, 0.05) is 17.6 Å². The van der Waals surface area contributed by atoms with Gasteiger partial charge < -0.3 is 0 Å². The molecule has 2 aromatic rings. The van der Waals surface area contributed by atoms with Crippen LogP contribution in [0.25, 0.3) is 0 Å². The smallest absolute Gasteiger partial charge is 0.117 e. The van der Waals surface area contributed by atoms with E-state index in [9.17, 15) is 0 Å². The summed E-state index contributed by atoms with van der Waals surface area (Å²) in [4.78, 5) is 4.61. The largest absolute Gasteiger partial charge is 0.299 e. The Hall–Kier alpha value is -1.19. The first-order chi connectivity index (χ1) is 8.88. The van der Waals surface area contributed by atoms with E-state index in [4.69, 9.17) is 0 Å². The molecule has 1 atom stereocenters. The third-order valence-electron chi connectivity index (χ3n) is 4.07. The highest BCUT2D eigenvalue weighted by Crippen LogP contribution is 2.44. The number of nitrogens with zero attached hydrogens (tertiary/aromatic N) is 1. The molecular formula is C15H16N2S. The number of fused-ring (bicyclic) bond motifs is 1. The van der Waals surface area contributed by atoms with E-state index in [-0.39, 0.29) is 5.54 Å². The molecule has 1 aromatic heterocycles. The SMILES string of the molecule is c1ccc2c(c1)CCC2(NC1CC1)c1nccs1. The van der Waals surface area contributed by atoms with E-state index in [2.05, 4.69) is 39.9 Å². The minimum atomic E-state index is -0.00801. The van der Waals surface area contributed by atoms with E-state index in [0.717, 1.165) is 12.8 Å². The molecule has 0 aliphatic heterocycles. The van der Waals surface area contributed by atoms with Gasteiger partial charge in [0.2, 0.25) is 0 Å². The molecule has 2 aliphatic rings. The molecule has 18 heavy (non-hydrogen) atoms. The molecule has 1 saturated carbocycles. The van der Waals surface area contributed by atoms with Crippen molar-refractivity contribution in [2.75, 3.05) is 0 Å². The van der Waals surface area contributed by atoms with E-state index in [1.165, 1.54) is 29.0 Å². The molecule has 1 N–H and O–H groups in total. The van der Waals surface area contributed by atoms with Gasteiger partial charge >= 0.3 is 0 Å². The zero-order chi connectivity index (χ0) is 12.0. The summed E-state index contributed by atoms with van der Waals surface area (Å²) in [5, 5.41) is 7.20. The van der Waals surface area contributed by atoms with E-state index < -0.39 is 0 Å². The van der Waals surface area contributed by atoms with Crippen LogP contribution in [0.1, 0.15) is 35.4 Å². The first kappa shape index (κ1) is 10.7. The number of aromatic nitrogens is 1. The number of rotatable bonds is 3. The van der Waals surface area contributed by atoms with Crippen LogP contribution < -0.4 is 5.32 Å². The van der Waals surface area contributed by atoms with Gasteiger partial charge in [-0.3, -0.25) is 5.32 Å². The Morgan fingerprint density at radius 2 is 2.17 bits per heavy atom. The van der Waals surface area contributed by atoms with Crippen molar-refractivity contribution in [2.45, 2.75) is 37.3 Å². The molecule has 1 aromatic carbocycles. The average Bonchev–Trinajstić information content (AvgIpc) is 2.93. The van der Waals surface area contributed by atoms with E-state index >= 15 is 0 Å². The highest BCUT2D eigenvalue weighted by molar-refractivity contribution is 7.09. The van der Waals surface area contributed by atoms with Crippen LogP contribution in [-0.4, -0.2) is 11.0 Å². The molecule has 0 amide bonds. The summed E-state index contributed by atoms with van der Waals surface area (Å²) in [5.41, 5.74) is 2.93. The van der Waals surface area contributed by atoms with Gasteiger partial charge in [0.1, 0.15) is 5.01 Å². The maximum atomic E-state index is 4.61. The predicted molar refractivity (Wildman–Crippen MR) is 73.8 cm³/mol. The van der Waals surface area contributed by atoms with Crippen molar-refractivity contribution in [2.24, 2.45) is 0 Å². The first-order valence-electron chi connectivity index (χ1n) is 6.64. The average molecular weight is 256 g/mol. The van der Waals surface area contributed by atoms with Gasteiger partial charge in [0.05, 0.1) is 5.54 Å². The molecule has 0 bridgehead atoms. The minimum Gasteiger partial charge on any atom is -0.299 e. The zero-order valence-electron chi connectivity index (χ0n) is 10.2. The Kier molecular flexibility index (Phi) is 2.32. The quantitative estimate of drug-likeness (QED) is 0.913. The monoisotopic (exact) mass is 256 g/mol. The summed E-state index contributed by atoms with van der Waals surface area (Å²) < 4.78 is 0. The second kappa shape index (κ2) is 3.90. The summed E-state index contributed by atoms with van der Waals surface area (Å²) in [6.45, 7) is 0. The Bertz CT molecular complexity index is 560. The molecule has 0 radical (unpaired) electrons. The number of hydrogen-bond donors (Lipinski definition) is 1. The lowest BCUT2D eigenvalue weighted by molar-refractivity contribution is 0.393. The lowest BCUT2D eigenvalue weighted by Gasteiger charge is -2.30. The molecule has 0 saturated heterocycles. The fourth-order valence-corrected chi connectivity index (χ4v) is 3.90. The van der Waals surface area contributed by atoms with Gasteiger partial charge in [-0.2, -0.15) is 0 Å². The predicted octanol–water partition coefficient (Wildman–Crippen LogP) is 3.08.